The Morgan fingerprint density at radius 2 is 1.89 bits per heavy atom. The van der Waals surface area contributed by atoms with E-state index in [9.17, 15) is 0 Å². The predicted molar refractivity (Wildman–Crippen MR) is 82.4 cm³/mol. The molecule has 0 aromatic heterocycles. The molecule has 0 aromatic carbocycles. The average molecular weight is 267 g/mol. The van der Waals surface area contributed by atoms with E-state index in [1.165, 1.54) is 71.1 Å². The van der Waals surface area contributed by atoms with Crippen LogP contribution >= 0.6 is 0 Å². The fourth-order valence-corrected chi connectivity index (χ4v) is 4.14. The van der Waals surface area contributed by atoms with Crippen LogP contribution in [0.5, 0.6) is 0 Å². The first-order chi connectivity index (χ1) is 9.22. The van der Waals surface area contributed by atoms with Crippen molar-refractivity contribution in [1.29, 1.82) is 0 Å². The van der Waals surface area contributed by atoms with Crippen molar-refractivity contribution in [2.75, 3.05) is 32.7 Å². The van der Waals surface area contributed by atoms with Crippen LogP contribution in [0.3, 0.4) is 0 Å². The van der Waals surface area contributed by atoms with Gasteiger partial charge in [-0.15, -0.1) is 0 Å². The Kier molecular flexibility index (Phi) is 5.67. The maximum atomic E-state index is 6.28. The minimum absolute atomic E-state index is 0.285. The van der Waals surface area contributed by atoms with E-state index in [2.05, 4.69) is 23.6 Å². The summed E-state index contributed by atoms with van der Waals surface area (Å²) in [4.78, 5) is 5.39. The highest BCUT2D eigenvalue weighted by Crippen LogP contribution is 2.33. The molecule has 2 unspecified atom stereocenters. The highest BCUT2D eigenvalue weighted by Gasteiger charge is 2.39. The van der Waals surface area contributed by atoms with Gasteiger partial charge in [-0.3, -0.25) is 4.90 Å². The third kappa shape index (κ3) is 3.50. The van der Waals surface area contributed by atoms with E-state index >= 15 is 0 Å². The molecule has 2 heterocycles. The van der Waals surface area contributed by atoms with Crippen molar-refractivity contribution in [2.45, 2.75) is 70.4 Å². The quantitative estimate of drug-likeness (QED) is 0.852. The number of hydrogen-bond donors (Lipinski definition) is 1. The standard InChI is InChI=1S/C16H33N3/c1-3-18-11-7-9-16(14-17,10-13-18)19-12-6-4-5-8-15(19)2/h15H,3-14,17H2,1-2H3. The van der Waals surface area contributed by atoms with E-state index in [4.69, 9.17) is 5.73 Å². The molecular formula is C16H33N3. The Morgan fingerprint density at radius 1 is 1.05 bits per heavy atom. The molecule has 0 aliphatic carbocycles. The largest absolute Gasteiger partial charge is 0.329 e. The van der Waals surface area contributed by atoms with Crippen molar-refractivity contribution >= 4 is 0 Å². The first-order valence-corrected chi connectivity index (χ1v) is 8.41. The predicted octanol–water partition coefficient (Wildman–Crippen LogP) is 2.45. The maximum Gasteiger partial charge on any atom is 0.0347 e. The Balaban J connectivity index is 2.11. The third-order valence-corrected chi connectivity index (χ3v) is 5.50. The molecule has 2 saturated heterocycles. The van der Waals surface area contributed by atoms with Gasteiger partial charge in [0, 0.05) is 18.1 Å². The molecule has 2 aliphatic rings. The van der Waals surface area contributed by atoms with E-state index in [1.807, 2.05) is 0 Å². The van der Waals surface area contributed by atoms with Gasteiger partial charge in [-0.25, -0.2) is 0 Å². The zero-order valence-electron chi connectivity index (χ0n) is 13.0. The zero-order chi connectivity index (χ0) is 13.7. The van der Waals surface area contributed by atoms with Gasteiger partial charge in [-0.2, -0.15) is 0 Å². The molecule has 0 amide bonds. The fraction of sp³-hybridized carbons (Fsp3) is 1.00. The summed E-state index contributed by atoms with van der Waals surface area (Å²) in [5.41, 5.74) is 6.56. The molecule has 2 atom stereocenters. The van der Waals surface area contributed by atoms with Crippen LogP contribution in [0.15, 0.2) is 0 Å². The molecule has 2 rings (SSSR count). The highest BCUT2D eigenvalue weighted by atomic mass is 15.2. The third-order valence-electron chi connectivity index (χ3n) is 5.50. The van der Waals surface area contributed by atoms with Crippen molar-refractivity contribution < 1.29 is 0 Å². The Morgan fingerprint density at radius 3 is 2.63 bits per heavy atom. The van der Waals surface area contributed by atoms with Crippen LogP contribution in [0.25, 0.3) is 0 Å². The van der Waals surface area contributed by atoms with Gasteiger partial charge in [0.1, 0.15) is 0 Å². The zero-order valence-corrected chi connectivity index (χ0v) is 13.0. The van der Waals surface area contributed by atoms with Crippen LogP contribution in [-0.4, -0.2) is 54.1 Å². The van der Waals surface area contributed by atoms with E-state index in [0.29, 0.717) is 0 Å². The first kappa shape index (κ1) is 15.3. The monoisotopic (exact) mass is 267 g/mol. The van der Waals surface area contributed by atoms with Crippen molar-refractivity contribution in [3.63, 3.8) is 0 Å². The van der Waals surface area contributed by atoms with Gasteiger partial charge >= 0.3 is 0 Å². The molecule has 19 heavy (non-hydrogen) atoms. The molecule has 0 radical (unpaired) electrons. The van der Waals surface area contributed by atoms with E-state index in [0.717, 1.165) is 12.6 Å². The molecule has 3 heteroatoms. The second-order valence-electron chi connectivity index (χ2n) is 6.61. The van der Waals surface area contributed by atoms with Gasteiger partial charge in [0.05, 0.1) is 0 Å². The van der Waals surface area contributed by atoms with Crippen molar-refractivity contribution in [3.05, 3.63) is 0 Å². The minimum Gasteiger partial charge on any atom is -0.329 e. The number of nitrogens with two attached hydrogens (primary N) is 1. The summed E-state index contributed by atoms with van der Waals surface area (Å²) in [7, 11) is 0. The van der Waals surface area contributed by atoms with Gasteiger partial charge in [0.2, 0.25) is 0 Å². The summed E-state index contributed by atoms with van der Waals surface area (Å²) in [5, 5.41) is 0. The van der Waals surface area contributed by atoms with Crippen LogP contribution in [-0.2, 0) is 0 Å². The molecule has 0 spiro atoms. The van der Waals surface area contributed by atoms with Gasteiger partial charge in [0.15, 0.2) is 0 Å². The maximum absolute atomic E-state index is 6.28. The first-order valence-electron chi connectivity index (χ1n) is 8.41. The van der Waals surface area contributed by atoms with Gasteiger partial charge in [0.25, 0.3) is 0 Å². The molecule has 3 nitrogen and oxygen atoms in total. The lowest BCUT2D eigenvalue weighted by Gasteiger charge is -2.46. The Labute approximate surface area is 119 Å². The summed E-state index contributed by atoms with van der Waals surface area (Å²) < 4.78 is 0. The minimum atomic E-state index is 0.285. The topological polar surface area (TPSA) is 32.5 Å². The number of nitrogens with zero attached hydrogens (tertiary/aromatic N) is 2. The molecular weight excluding hydrogens is 234 g/mol. The average Bonchev–Trinajstić information content (AvgIpc) is 2.77. The molecule has 112 valence electrons. The summed E-state index contributed by atoms with van der Waals surface area (Å²) in [6.07, 6.45) is 9.41. The second-order valence-corrected chi connectivity index (χ2v) is 6.61. The van der Waals surface area contributed by atoms with Crippen LogP contribution in [0.1, 0.15) is 58.8 Å². The van der Waals surface area contributed by atoms with Gasteiger partial charge in [-0.05, 0) is 65.2 Å². The van der Waals surface area contributed by atoms with Gasteiger partial charge < -0.3 is 10.6 Å². The van der Waals surface area contributed by atoms with Gasteiger partial charge in [-0.1, -0.05) is 19.8 Å². The lowest BCUT2D eigenvalue weighted by Crippen LogP contribution is -2.57. The SMILES string of the molecule is CCN1CCCC(CN)(N2CCCCCC2C)CC1. The summed E-state index contributed by atoms with van der Waals surface area (Å²) in [6, 6.07) is 0.722. The second kappa shape index (κ2) is 7.05. The van der Waals surface area contributed by atoms with Crippen LogP contribution in [0.4, 0.5) is 0 Å². The molecule has 2 fully saturated rings. The molecule has 2 aliphatic heterocycles. The summed E-state index contributed by atoms with van der Waals surface area (Å²) in [6.45, 7) is 10.5. The highest BCUT2D eigenvalue weighted by molar-refractivity contribution is 4.97. The van der Waals surface area contributed by atoms with Crippen molar-refractivity contribution in [2.24, 2.45) is 5.73 Å². The van der Waals surface area contributed by atoms with Crippen LogP contribution < -0.4 is 5.73 Å². The number of rotatable bonds is 3. The van der Waals surface area contributed by atoms with E-state index in [-0.39, 0.29) is 5.54 Å². The van der Waals surface area contributed by atoms with E-state index < -0.39 is 0 Å². The summed E-state index contributed by atoms with van der Waals surface area (Å²) in [5.74, 6) is 0. The smallest absolute Gasteiger partial charge is 0.0347 e. The van der Waals surface area contributed by atoms with Crippen LogP contribution in [0.2, 0.25) is 0 Å². The lowest BCUT2D eigenvalue weighted by molar-refractivity contribution is 0.0442. The Hall–Kier alpha value is -0.120. The Bertz CT molecular complexity index is 269. The molecule has 0 bridgehead atoms. The molecule has 2 N–H and O–H groups in total. The van der Waals surface area contributed by atoms with E-state index in [1.54, 1.807) is 0 Å². The number of hydrogen-bond acceptors (Lipinski definition) is 3. The van der Waals surface area contributed by atoms with Crippen LogP contribution in [0, 0.1) is 0 Å². The normalized spacial score (nSPS) is 35.8. The molecule has 0 aromatic rings. The van der Waals surface area contributed by atoms with Crippen molar-refractivity contribution in [3.8, 4) is 0 Å². The number of likely N-dealkylation sites (tertiary alicyclic amines) is 2. The van der Waals surface area contributed by atoms with Crippen molar-refractivity contribution in [1.82, 2.24) is 9.80 Å². The summed E-state index contributed by atoms with van der Waals surface area (Å²) >= 11 is 0. The fourth-order valence-electron chi connectivity index (χ4n) is 4.14. The molecule has 0 saturated carbocycles. The lowest BCUT2D eigenvalue weighted by atomic mass is 9.86.